The summed E-state index contributed by atoms with van der Waals surface area (Å²) in [6, 6.07) is 3.62. The fourth-order valence-electron chi connectivity index (χ4n) is 1.73. The number of hydrogen-bond acceptors (Lipinski definition) is 2. The Morgan fingerprint density at radius 1 is 1.25 bits per heavy atom. The summed E-state index contributed by atoms with van der Waals surface area (Å²) in [5.41, 5.74) is -0.921. The molecule has 0 bridgehead atoms. The van der Waals surface area contributed by atoms with Crippen LogP contribution < -0.4 is 5.32 Å². The van der Waals surface area contributed by atoms with Gasteiger partial charge in [0, 0.05) is 13.0 Å². The number of carbonyl (C=O) groups is 1. The van der Waals surface area contributed by atoms with Gasteiger partial charge in [0.2, 0.25) is 0 Å². The minimum atomic E-state index is -4.46. The van der Waals surface area contributed by atoms with Gasteiger partial charge in [-0.15, -0.1) is 0 Å². The van der Waals surface area contributed by atoms with E-state index in [-0.39, 0.29) is 17.1 Å². The zero-order chi connectivity index (χ0) is 15.2. The van der Waals surface area contributed by atoms with Crippen LogP contribution in [-0.2, 0) is 11.0 Å². The molecule has 0 aliphatic heterocycles. The molecule has 20 heavy (non-hydrogen) atoms. The van der Waals surface area contributed by atoms with E-state index >= 15 is 0 Å². The topological polar surface area (TPSA) is 49.3 Å². The Morgan fingerprint density at radius 2 is 1.95 bits per heavy atom. The predicted octanol–water partition coefficient (Wildman–Crippen LogP) is 4.42. The van der Waals surface area contributed by atoms with Crippen LogP contribution in [0.4, 0.5) is 18.9 Å². The zero-order valence-electron chi connectivity index (χ0n) is 10.6. The summed E-state index contributed by atoms with van der Waals surface area (Å²) in [6.07, 6.45) is -2.68. The normalized spacial score (nSPS) is 11.4. The summed E-state index contributed by atoms with van der Waals surface area (Å²) in [7, 11) is 0. The number of unbranched alkanes of at least 4 members (excludes halogenated alkanes) is 2. The number of alkyl halides is 3. The van der Waals surface area contributed by atoms with Crippen molar-refractivity contribution >= 4 is 23.3 Å². The number of halogens is 4. The van der Waals surface area contributed by atoms with Gasteiger partial charge in [-0.2, -0.15) is 13.2 Å². The van der Waals surface area contributed by atoms with E-state index in [1.54, 1.807) is 0 Å². The molecule has 112 valence electrons. The Morgan fingerprint density at radius 3 is 2.55 bits per heavy atom. The van der Waals surface area contributed by atoms with E-state index < -0.39 is 17.7 Å². The highest BCUT2D eigenvalue weighted by Gasteiger charge is 2.34. The second-order valence-corrected chi connectivity index (χ2v) is 4.70. The van der Waals surface area contributed by atoms with E-state index in [2.05, 4.69) is 5.32 Å². The van der Waals surface area contributed by atoms with Crippen molar-refractivity contribution in [3.8, 4) is 0 Å². The molecule has 0 aliphatic carbocycles. The molecule has 0 saturated heterocycles. The fourth-order valence-corrected chi connectivity index (χ4v) is 1.97. The van der Waals surface area contributed by atoms with Gasteiger partial charge in [-0.3, -0.25) is 4.79 Å². The van der Waals surface area contributed by atoms with Crippen LogP contribution in [0.2, 0.25) is 5.02 Å². The molecule has 0 heterocycles. The lowest BCUT2D eigenvalue weighted by Crippen LogP contribution is -2.12. The van der Waals surface area contributed by atoms with Crippen molar-refractivity contribution in [1.82, 2.24) is 0 Å². The molecular formula is C13H15ClF3NO2. The first-order valence-corrected chi connectivity index (χ1v) is 6.51. The van der Waals surface area contributed by atoms with Gasteiger partial charge >= 0.3 is 12.1 Å². The smallest absolute Gasteiger partial charge is 0.418 e. The Labute approximate surface area is 119 Å². The van der Waals surface area contributed by atoms with Crippen molar-refractivity contribution in [2.24, 2.45) is 0 Å². The minimum absolute atomic E-state index is 0.0189. The molecule has 2 N–H and O–H groups in total. The number of nitrogens with one attached hydrogen (secondary N) is 1. The monoisotopic (exact) mass is 309 g/mol. The van der Waals surface area contributed by atoms with Crippen LogP contribution >= 0.6 is 11.6 Å². The quantitative estimate of drug-likeness (QED) is 0.733. The number of carboxylic acid groups (broad SMARTS) is 1. The molecule has 0 radical (unpaired) electrons. The average Bonchev–Trinajstić information content (AvgIpc) is 2.33. The van der Waals surface area contributed by atoms with Gasteiger partial charge in [0.1, 0.15) is 0 Å². The molecule has 7 heteroatoms. The number of hydrogen-bond donors (Lipinski definition) is 2. The summed E-state index contributed by atoms with van der Waals surface area (Å²) >= 11 is 5.78. The Bertz CT molecular complexity index is 463. The lowest BCUT2D eigenvalue weighted by molar-refractivity contribution is -0.138. The van der Waals surface area contributed by atoms with Crippen molar-refractivity contribution in [3.05, 3.63) is 28.8 Å². The highest BCUT2D eigenvalue weighted by molar-refractivity contribution is 6.33. The molecule has 0 saturated carbocycles. The molecule has 0 fully saturated rings. The van der Waals surface area contributed by atoms with Gasteiger partial charge in [0.05, 0.1) is 16.3 Å². The maximum atomic E-state index is 12.8. The summed E-state index contributed by atoms with van der Waals surface area (Å²) < 4.78 is 38.3. The van der Waals surface area contributed by atoms with Crippen LogP contribution in [0.1, 0.15) is 31.2 Å². The maximum absolute atomic E-state index is 12.8. The van der Waals surface area contributed by atoms with Crippen molar-refractivity contribution < 1.29 is 23.1 Å². The van der Waals surface area contributed by atoms with Crippen LogP contribution in [0, 0.1) is 0 Å². The standard InChI is InChI=1S/C13H15ClF3NO2/c14-10-6-4-5-9(13(15,16)17)12(10)18-8-3-1-2-7-11(19)20/h4-6,18H,1-3,7-8H2,(H,19,20). The van der Waals surface area contributed by atoms with Gasteiger partial charge in [0.15, 0.2) is 0 Å². The molecule has 1 rings (SSSR count). The lowest BCUT2D eigenvalue weighted by atomic mass is 10.1. The van der Waals surface area contributed by atoms with Crippen LogP contribution in [0.3, 0.4) is 0 Å². The van der Waals surface area contributed by atoms with Gasteiger partial charge in [0.25, 0.3) is 0 Å². The second-order valence-electron chi connectivity index (χ2n) is 4.29. The third-order valence-electron chi connectivity index (χ3n) is 2.69. The fraction of sp³-hybridized carbons (Fsp3) is 0.462. The van der Waals surface area contributed by atoms with Crippen LogP contribution in [0.15, 0.2) is 18.2 Å². The zero-order valence-corrected chi connectivity index (χ0v) is 11.4. The number of rotatable bonds is 7. The molecule has 1 aromatic carbocycles. The lowest BCUT2D eigenvalue weighted by Gasteiger charge is -2.15. The van der Waals surface area contributed by atoms with E-state index in [1.165, 1.54) is 12.1 Å². The van der Waals surface area contributed by atoms with E-state index in [0.717, 1.165) is 6.07 Å². The van der Waals surface area contributed by atoms with Gasteiger partial charge in [-0.1, -0.05) is 24.1 Å². The van der Waals surface area contributed by atoms with E-state index in [9.17, 15) is 18.0 Å². The molecule has 0 spiro atoms. The number of carboxylic acids is 1. The van der Waals surface area contributed by atoms with Gasteiger partial charge < -0.3 is 10.4 Å². The number of anilines is 1. The molecule has 3 nitrogen and oxygen atoms in total. The highest BCUT2D eigenvalue weighted by Crippen LogP contribution is 2.38. The Kier molecular flexibility index (Phi) is 6.13. The van der Waals surface area contributed by atoms with Crippen LogP contribution in [-0.4, -0.2) is 17.6 Å². The number of aliphatic carboxylic acids is 1. The van der Waals surface area contributed by atoms with Crippen LogP contribution in [0.5, 0.6) is 0 Å². The van der Waals surface area contributed by atoms with E-state index in [4.69, 9.17) is 16.7 Å². The maximum Gasteiger partial charge on any atom is 0.418 e. The van der Waals surface area contributed by atoms with Crippen molar-refractivity contribution in [2.45, 2.75) is 31.9 Å². The largest absolute Gasteiger partial charge is 0.481 e. The first-order valence-electron chi connectivity index (χ1n) is 6.13. The molecule has 0 atom stereocenters. The molecular weight excluding hydrogens is 295 g/mol. The molecule has 0 amide bonds. The minimum Gasteiger partial charge on any atom is -0.481 e. The van der Waals surface area contributed by atoms with E-state index in [1.807, 2.05) is 0 Å². The Balaban J connectivity index is 2.53. The average molecular weight is 310 g/mol. The predicted molar refractivity (Wildman–Crippen MR) is 71.0 cm³/mol. The number of para-hydroxylation sites is 1. The molecule has 0 aliphatic rings. The van der Waals surface area contributed by atoms with Crippen molar-refractivity contribution in [1.29, 1.82) is 0 Å². The third-order valence-corrected chi connectivity index (χ3v) is 3.00. The summed E-state index contributed by atoms with van der Waals surface area (Å²) in [5, 5.41) is 11.1. The molecule has 1 aromatic rings. The van der Waals surface area contributed by atoms with Gasteiger partial charge in [-0.05, 0) is 25.0 Å². The van der Waals surface area contributed by atoms with E-state index in [0.29, 0.717) is 25.8 Å². The summed E-state index contributed by atoms with van der Waals surface area (Å²) in [4.78, 5) is 10.3. The summed E-state index contributed by atoms with van der Waals surface area (Å²) in [6.45, 7) is 0.312. The second kappa shape index (κ2) is 7.38. The SMILES string of the molecule is O=C(O)CCCCCNc1c(Cl)cccc1C(F)(F)F. The number of benzene rings is 1. The van der Waals surface area contributed by atoms with Crippen molar-refractivity contribution in [2.75, 3.05) is 11.9 Å². The highest BCUT2D eigenvalue weighted by atomic mass is 35.5. The summed E-state index contributed by atoms with van der Waals surface area (Å²) in [5.74, 6) is -0.872. The van der Waals surface area contributed by atoms with Crippen LogP contribution in [0.25, 0.3) is 0 Å². The third kappa shape index (κ3) is 5.28. The van der Waals surface area contributed by atoms with Gasteiger partial charge in [-0.25, -0.2) is 0 Å². The first-order chi connectivity index (χ1) is 9.32. The van der Waals surface area contributed by atoms with Crippen molar-refractivity contribution in [3.63, 3.8) is 0 Å². The molecule has 0 unspecified atom stereocenters. The molecule has 0 aromatic heterocycles. The first kappa shape index (κ1) is 16.6. The Hall–Kier alpha value is -1.43.